The standard InChI is InChI=1S/C16H16BrN5O9S/c1-7(23)29-6-11-14(30-8(2)24)15(13(19-20-18)16(17)31-11)32-12-4-3-9(21(25)26)5-10(12)22(27)28/h3-5,11,13-16H,6H2,1-2H3/t11-,13-,14+,15-,16+/m1/s1. The number of nitro benzene ring substituents is 2. The number of nitro groups is 2. The number of rotatable bonds is 8. The van der Waals surface area contributed by atoms with E-state index in [1.54, 1.807) is 0 Å². The average molecular weight is 534 g/mol. The first-order valence-electron chi connectivity index (χ1n) is 8.79. The fourth-order valence-corrected chi connectivity index (χ4v) is 5.18. The second kappa shape index (κ2) is 11.1. The molecule has 16 heteroatoms. The van der Waals surface area contributed by atoms with Crippen molar-refractivity contribution in [2.45, 2.75) is 47.3 Å². The molecule has 172 valence electrons. The number of ether oxygens (including phenoxy) is 3. The van der Waals surface area contributed by atoms with Gasteiger partial charge in [0.2, 0.25) is 0 Å². The quantitative estimate of drug-likeness (QED) is 0.0907. The van der Waals surface area contributed by atoms with Crippen LogP contribution in [0.4, 0.5) is 11.4 Å². The van der Waals surface area contributed by atoms with Gasteiger partial charge in [-0.25, -0.2) is 0 Å². The molecule has 0 amide bonds. The first-order valence-corrected chi connectivity index (χ1v) is 10.6. The number of carbonyl (C=O) groups excluding carboxylic acids is 2. The molecule has 5 atom stereocenters. The van der Waals surface area contributed by atoms with Crippen LogP contribution in [0.5, 0.6) is 0 Å². The Kier molecular flexibility index (Phi) is 8.77. The molecule has 0 aromatic heterocycles. The van der Waals surface area contributed by atoms with E-state index in [4.69, 9.17) is 19.7 Å². The minimum absolute atomic E-state index is 0.00808. The lowest BCUT2D eigenvalue weighted by molar-refractivity contribution is -0.396. The molecule has 0 radical (unpaired) electrons. The van der Waals surface area contributed by atoms with Gasteiger partial charge in [-0.3, -0.25) is 29.8 Å². The zero-order chi connectivity index (χ0) is 24.0. The number of halogens is 1. The zero-order valence-corrected chi connectivity index (χ0v) is 18.9. The monoisotopic (exact) mass is 533 g/mol. The maximum atomic E-state index is 11.7. The second-order valence-electron chi connectivity index (χ2n) is 6.35. The maximum Gasteiger partial charge on any atom is 0.303 e. The van der Waals surface area contributed by atoms with Gasteiger partial charge in [0.25, 0.3) is 11.4 Å². The molecule has 0 unspecified atom stereocenters. The number of thioether (sulfide) groups is 1. The topological polar surface area (TPSA) is 197 Å². The Balaban J connectivity index is 2.53. The van der Waals surface area contributed by atoms with Gasteiger partial charge in [0, 0.05) is 24.8 Å². The van der Waals surface area contributed by atoms with Crippen LogP contribution in [0, 0.1) is 20.2 Å². The van der Waals surface area contributed by atoms with Gasteiger partial charge in [0.05, 0.1) is 32.1 Å². The van der Waals surface area contributed by atoms with Gasteiger partial charge in [-0.15, -0.1) is 11.8 Å². The maximum absolute atomic E-state index is 11.7. The van der Waals surface area contributed by atoms with Crippen LogP contribution in [-0.4, -0.2) is 56.9 Å². The first-order chi connectivity index (χ1) is 15.0. The van der Waals surface area contributed by atoms with E-state index >= 15 is 0 Å². The third-order valence-corrected chi connectivity index (χ3v) is 6.33. The summed E-state index contributed by atoms with van der Waals surface area (Å²) in [6, 6.07) is 2.05. The molecule has 1 fully saturated rings. The van der Waals surface area contributed by atoms with Crippen LogP contribution in [0.1, 0.15) is 13.8 Å². The molecule has 1 heterocycles. The fraction of sp³-hybridized carbons (Fsp3) is 0.500. The van der Waals surface area contributed by atoms with Gasteiger partial charge in [0.15, 0.2) is 0 Å². The van der Waals surface area contributed by atoms with Crippen molar-refractivity contribution in [1.29, 1.82) is 0 Å². The highest BCUT2D eigenvalue weighted by molar-refractivity contribution is 9.09. The molecule has 14 nitrogen and oxygen atoms in total. The smallest absolute Gasteiger partial charge is 0.303 e. The lowest BCUT2D eigenvalue weighted by atomic mass is 10.0. The van der Waals surface area contributed by atoms with Gasteiger partial charge < -0.3 is 14.2 Å². The molecular formula is C16H16BrN5O9S. The summed E-state index contributed by atoms with van der Waals surface area (Å²) in [5.41, 5.74) is 7.94. The molecule has 2 rings (SSSR count). The molecule has 0 N–H and O–H groups in total. The van der Waals surface area contributed by atoms with E-state index in [0.29, 0.717) is 0 Å². The van der Waals surface area contributed by atoms with Crippen LogP contribution < -0.4 is 0 Å². The van der Waals surface area contributed by atoms with Gasteiger partial charge in [-0.05, 0) is 11.6 Å². The van der Waals surface area contributed by atoms with Crippen molar-refractivity contribution >= 4 is 51.0 Å². The molecule has 0 saturated carbocycles. The highest BCUT2D eigenvalue weighted by Crippen LogP contribution is 2.43. The SMILES string of the molecule is CC(=O)OC[C@H]1O[C@H](Br)[C@H](N=[N+]=[N-])[C@@H](Sc2ccc([N+](=O)[O-])cc2[N+](=O)[O-])[C@H]1OC(C)=O. The number of hydrogen-bond donors (Lipinski definition) is 0. The summed E-state index contributed by atoms with van der Waals surface area (Å²) in [6.45, 7) is 1.99. The van der Waals surface area contributed by atoms with Crippen LogP contribution in [0.2, 0.25) is 0 Å². The van der Waals surface area contributed by atoms with E-state index in [-0.39, 0.29) is 11.5 Å². The van der Waals surface area contributed by atoms with Gasteiger partial charge in [0.1, 0.15) is 23.8 Å². The summed E-state index contributed by atoms with van der Waals surface area (Å²) in [6.07, 6.45) is -2.14. The summed E-state index contributed by atoms with van der Waals surface area (Å²) in [4.78, 5) is 46.7. The number of benzene rings is 1. The Morgan fingerprint density at radius 2 is 1.97 bits per heavy atom. The third kappa shape index (κ3) is 6.29. The average Bonchev–Trinajstić information content (AvgIpc) is 2.70. The molecule has 1 aliphatic heterocycles. The van der Waals surface area contributed by atoms with Crippen LogP contribution in [0.25, 0.3) is 10.4 Å². The number of alkyl halides is 1. The van der Waals surface area contributed by atoms with Crippen molar-refractivity contribution in [3.63, 3.8) is 0 Å². The molecule has 32 heavy (non-hydrogen) atoms. The molecule has 0 spiro atoms. The Hall–Kier alpha value is -2.94. The largest absolute Gasteiger partial charge is 0.463 e. The van der Waals surface area contributed by atoms with Crippen molar-refractivity contribution in [2.24, 2.45) is 5.11 Å². The van der Waals surface area contributed by atoms with Gasteiger partial charge >= 0.3 is 11.9 Å². The normalized spacial score (nSPS) is 24.7. The predicted octanol–water partition coefficient (Wildman–Crippen LogP) is 3.26. The molecule has 1 aromatic carbocycles. The molecule has 1 saturated heterocycles. The summed E-state index contributed by atoms with van der Waals surface area (Å²) in [5.74, 6) is -1.34. The van der Waals surface area contributed by atoms with Gasteiger partial charge in [-0.2, -0.15) is 0 Å². The highest BCUT2D eigenvalue weighted by atomic mass is 79.9. The van der Waals surface area contributed by atoms with Crippen LogP contribution >= 0.6 is 27.7 Å². The minimum Gasteiger partial charge on any atom is -0.463 e. The fourth-order valence-electron chi connectivity index (χ4n) is 2.87. The lowest BCUT2D eigenvalue weighted by Crippen LogP contribution is -2.56. The van der Waals surface area contributed by atoms with E-state index in [2.05, 4.69) is 26.0 Å². The van der Waals surface area contributed by atoms with Crippen molar-refractivity contribution in [3.05, 3.63) is 48.9 Å². The van der Waals surface area contributed by atoms with Crippen LogP contribution in [-0.2, 0) is 23.8 Å². The lowest BCUT2D eigenvalue weighted by Gasteiger charge is -2.42. The van der Waals surface area contributed by atoms with E-state index in [9.17, 15) is 29.8 Å². The number of carbonyl (C=O) groups is 2. The molecular weight excluding hydrogens is 518 g/mol. The molecule has 1 aliphatic rings. The Bertz CT molecular complexity index is 973. The van der Waals surface area contributed by atoms with Crippen LogP contribution in [0.15, 0.2) is 28.2 Å². The number of azide groups is 1. The Labute approximate surface area is 192 Å². The Morgan fingerprint density at radius 3 is 2.50 bits per heavy atom. The van der Waals surface area contributed by atoms with E-state index in [1.165, 1.54) is 13.0 Å². The van der Waals surface area contributed by atoms with Crippen LogP contribution in [0.3, 0.4) is 0 Å². The first kappa shape index (κ1) is 25.3. The highest BCUT2D eigenvalue weighted by Gasteiger charge is 2.48. The summed E-state index contributed by atoms with van der Waals surface area (Å²) < 4.78 is 16.0. The molecule has 1 aromatic rings. The third-order valence-electron chi connectivity index (χ3n) is 4.15. The molecule has 0 aliphatic carbocycles. The van der Waals surface area contributed by atoms with E-state index < -0.39 is 61.7 Å². The van der Waals surface area contributed by atoms with Crippen molar-refractivity contribution in [1.82, 2.24) is 0 Å². The van der Waals surface area contributed by atoms with Crippen molar-refractivity contribution < 1.29 is 33.6 Å². The summed E-state index contributed by atoms with van der Waals surface area (Å²) in [5, 5.41) is 24.3. The van der Waals surface area contributed by atoms with E-state index in [1.807, 2.05) is 0 Å². The molecule has 0 bridgehead atoms. The number of non-ortho nitro benzene ring substituents is 1. The zero-order valence-electron chi connectivity index (χ0n) is 16.5. The van der Waals surface area contributed by atoms with E-state index in [0.717, 1.165) is 30.8 Å². The Morgan fingerprint density at radius 1 is 1.28 bits per heavy atom. The number of hydrogen-bond acceptors (Lipinski definition) is 11. The van der Waals surface area contributed by atoms with Crippen molar-refractivity contribution in [3.8, 4) is 0 Å². The predicted molar refractivity (Wildman–Crippen MR) is 112 cm³/mol. The number of nitrogens with zero attached hydrogens (tertiary/aromatic N) is 5. The van der Waals surface area contributed by atoms with Gasteiger partial charge in [-0.1, -0.05) is 21.0 Å². The summed E-state index contributed by atoms with van der Waals surface area (Å²) in [7, 11) is 0. The minimum atomic E-state index is -1.14. The number of esters is 2. The summed E-state index contributed by atoms with van der Waals surface area (Å²) >= 11 is 4.05. The van der Waals surface area contributed by atoms with Crippen molar-refractivity contribution in [2.75, 3.05) is 6.61 Å². The second-order valence-corrected chi connectivity index (χ2v) is 8.47.